The molecule has 1 amide bonds. The number of sulfone groups is 1. The van der Waals surface area contributed by atoms with Crippen molar-refractivity contribution in [3.05, 3.63) is 41.6 Å². The third kappa shape index (κ3) is 3.30. The van der Waals surface area contributed by atoms with Gasteiger partial charge in [0.15, 0.2) is 9.84 Å². The van der Waals surface area contributed by atoms with Crippen LogP contribution in [0, 0.1) is 6.92 Å². The number of anilines is 1. The molecule has 1 N–H and O–H groups in total. The summed E-state index contributed by atoms with van der Waals surface area (Å²) in [6.07, 6.45) is 0. The minimum atomic E-state index is -3.34. The van der Waals surface area contributed by atoms with Crippen LogP contribution in [0.2, 0.25) is 0 Å². The highest BCUT2D eigenvalue weighted by molar-refractivity contribution is 7.92. The molecule has 0 spiro atoms. The van der Waals surface area contributed by atoms with E-state index in [4.69, 9.17) is 4.52 Å². The molecule has 6 nitrogen and oxygen atoms in total. The summed E-state index contributed by atoms with van der Waals surface area (Å²) in [7, 11) is -3.34. The molecule has 0 saturated heterocycles. The van der Waals surface area contributed by atoms with E-state index in [1.807, 2.05) is 0 Å². The molecule has 7 heteroatoms. The minimum Gasteiger partial charge on any atom is -0.338 e. The Morgan fingerprint density at radius 3 is 2.33 bits per heavy atom. The molecule has 2 aromatic rings. The molecule has 0 aliphatic rings. The monoisotopic (exact) mass is 308 g/mol. The summed E-state index contributed by atoms with van der Waals surface area (Å²) in [5, 5.41) is 5.70. The van der Waals surface area contributed by atoms with Crippen LogP contribution in [0.1, 0.15) is 29.9 Å². The van der Waals surface area contributed by atoms with E-state index in [-0.39, 0.29) is 16.7 Å². The number of carbonyl (C=O) groups is 1. The Morgan fingerprint density at radius 2 is 1.86 bits per heavy atom. The SMILES string of the molecule is Cc1cc(NC(=O)c2ccc(S(=O)(=O)C(C)C)cc2)on1. The first-order valence-corrected chi connectivity index (χ1v) is 7.94. The van der Waals surface area contributed by atoms with Gasteiger partial charge in [0.25, 0.3) is 5.91 Å². The lowest BCUT2D eigenvalue weighted by atomic mass is 10.2. The van der Waals surface area contributed by atoms with E-state index in [1.54, 1.807) is 26.8 Å². The predicted octanol–water partition coefficient (Wildman–Crippen LogP) is 2.42. The molecular formula is C14H16N2O4S. The van der Waals surface area contributed by atoms with Crippen LogP contribution >= 0.6 is 0 Å². The van der Waals surface area contributed by atoms with E-state index in [9.17, 15) is 13.2 Å². The van der Waals surface area contributed by atoms with Crippen LogP contribution in [0.4, 0.5) is 5.88 Å². The summed E-state index contributed by atoms with van der Waals surface area (Å²) < 4.78 is 28.9. The fraction of sp³-hybridized carbons (Fsp3) is 0.286. The molecule has 112 valence electrons. The molecule has 0 fully saturated rings. The highest BCUT2D eigenvalue weighted by atomic mass is 32.2. The van der Waals surface area contributed by atoms with Gasteiger partial charge in [-0.15, -0.1) is 0 Å². The first-order chi connectivity index (χ1) is 9.80. The van der Waals surface area contributed by atoms with Crippen LogP contribution in [0.25, 0.3) is 0 Å². The Bertz CT molecular complexity index is 746. The summed E-state index contributed by atoms with van der Waals surface area (Å²) in [6.45, 7) is 4.97. The van der Waals surface area contributed by atoms with Crippen molar-refractivity contribution in [1.29, 1.82) is 0 Å². The number of aryl methyl sites for hydroxylation is 1. The van der Waals surface area contributed by atoms with Crippen molar-refractivity contribution >= 4 is 21.6 Å². The van der Waals surface area contributed by atoms with Gasteiger partial charge >= 0.3 is 0 Å². The maximum Gasteiger partial charge on any atom is 0.258 e. The van der Waals surface area contributed by atoms with Gasteiger partial charge in [-0.05, 0) is 45.0 Å². The molecule has 0 aliphatic carbocycles. The summed E-state index contributed by atoms with van der Waals surface area (Å²) in [5.74, 6) is -0.143. The molecule has 0 aliphatic heterocycles. The number of benzene rings is 1. The van der Waals surface area contributed by atoms with E-state index >= 15 is 0 Å². The number of carbonyl (C=O) groups excluding carboxylic acids is 1. The second kappa shape index (κ2) is 5.69. The average molecular weight is 308 g/mol. The van der Waals surface area contributed by atoms with Gasteiger partial charge in [-0.3, -0.25) is 10.1 Å². The molecule has 1 aromatic heterocycles. The van der Waals surface area contributed by atoms with Gasteiger partial charge < -0.3 is 4.52 Å². The topological polar surface area (TPSA) is 89.3 Å². The highest BCUT2D eigenvalue weighted by Crippen LogP contribution is 2.17. The molecule has 1 heterocycles. The fourth-order valence-corrected chi connectivity index (χ4v) is 2.73. The Labute approximate surface area is 123 Å². The maximum atomic E-state index is 12.0. The number of hydrogen-bond donors (Lipinski definition) is 1. The van der Waals surface area contributed by atoms with Crippen molar-refractivity contribution in [2.75, 3.05) is 5.32 Å². The number of nitrogens with zero attached hydrogens (tertiary/aromatic N) is 1. The normalized spacial score (nSPS) is 11.6. The standard InChI is InChI=1S/C14H16N2O4S/c1-9(2)21(18,19)12-6-4-11(5-7-12)14(17)15-13-8-10(3)16-20-13/h4-9H,1-3H3,(H,15,17). The van der Waals surface area contributed by atoms with Gasteiger partial charge in [0.05, 0.1) is 15.8 Å². The molecule has 1 aromatic carbocycles. The van der Waals surface area contributed by atoms with Crippen LogP contribution < -0.4 is 5.32 Å². The number of hydrogen-bond acceptors (Lipinski definition) is 5. The number of amides is 1. The number of nitrogens with one attached hydrogen (secondary N) is 1. The smallest absolute Gasteiger partial charge is 0.258 e. The van der Waals surface area contributed by atoms with Crippen LogP contribution in [0.3, 0.4) is 0 Å². The van der Waals surface area contributed by atoms with Crippen LogP contribution in [0.5, 0.6) is 0 Å². The molecule has 0 atom stereocenters. The molecule has 0 saturated carbocycles. The van der Waals surface area contributed by atoms with Gasteiger partial charge in [0.1, 0.15) is 0 Å². The second-order valence-corrected chi connectivity index (χ2v) is 7.41. The Balaban J connectivity index is 2.17. The zero-order valence-electron chi connectivity index (χ0n) is 12.0. The van der Waals surface area contributed by atoms with Crippen molar-refractivity contribution in [2.24, 2.45) is 0 Å². The lowest BCUT2D eigenvalue weighted by Gasteiger charge is -2.08. The molecule has 2 rings (SSSR count). The third-order valence-corrected chi connectivity index (χ3v) is 5.10. The van der Waals surface area contributed by atoms with E-state index in [1.165, 1.54) is 24.3 Å². The van der Waals surface area contributed by atoms with Crippen LogP contribution in [-0.4, -0.2) is 24.7 Å². The van der Waals surface area contributed by atoms with Gasteiger partial charge in [-0.25, -0.2) is 8.42 Å². The quantitative estimate of drug-likeness (QED) is 0.937. The van der Waals surface area contributed by atoms with E-state index < -0.39 is 15.1 Å². The minimum absolute atomic E-state index is 0.199. The first kappa shape index (κ1) is 15.2. The fourth-order valence-electron chi connectivity index (χ4n) is 1.67. The summed E-state index contributed by atoms with van der Waals surface area (Å²) in [5.41, 5.74) is 0.996. The van der Waals surface area contributed by atoms with Crippen molar-refractivity contribution in [1.82, 2.24) is 5.16 Å². The van der Waals surface area contributed by atoms with Crippen molar-refractivity contribution < 1.29 is 17.7 Å². The third-order valence-electron chi connectivity index (χ3n) is 2.93. The number of aromatic nitrogens is 1. The van der Waals surface area contributed by atoms with Gasteiger partial charge in [-0.1, -0.05) is 5.16 Å². The zero-order valence-corrected chi connectivity index (χ0v) is 12.8. The predicted molar refractivity (Wildman–Crippen MR) is 78.0 cm³/mol. The summed E-state index contributed by atoms with van der Waals surface area (Å²) in [6, 6.07) is 7.38. The molecule has 21 heavy (non-hydrogen) atoms. The molecule has 0 unspecified atom stereocenters. The van der Waals surface area contributed by atoms with Gasteiger partial charge in [0, 0.05) is 11.6 Å². The lowest BCUT2D eigenvalue weighted by Crippen LogP contribution is -2.15. The van der Waals surface area contributed by atoms with E-state index in [2.05, 4.69) is 10.5 Å². The zero-order chi connectivity index (χ0) is 15.6. The molecular weight excluding hydrogens is 292 g/mol. The van der Waals surface area contributed by atoms with Crippen LogP contribution in [-0.2, 0) is 9.84 Å². The van der Waals surface area contributed by atoms with Crippen molar-refractivity contribution in [2.45, 2.75) is 30.9 Å². The first-order valence-electron chi connectivity index (χ1n) is 6.39. The Kier molecular flexibility index (Phi) is 4.13. The van der Waals surface area contributed by atoms with Gasteiger partial charge in [-0.2, -0.15) is 0 Å². The Morgan fingerprint density at radius 1 is 1.24 bits per heavy atom. The summed E-state index contributed by atoms with van der Waals surface area (Å²) in [4.78, 5) is 12.2. The molecule has 0 bridgehead atoms. The van der Waals surface area contributed by atoms with Gasteiger partial charge in [0.2, 0.25) is 5.88 Å². The largest absolute Gasteiger partial charge is 0.338 e. The van der Waals surface area contributed by atoms with Crippen molar-refractivity contribution in [3.63, 3.8) is 0 Å². The maximum absolute atomic E-state index is 12.0. The Hall–Kier alpha value is -2.15. The second-order valence-electron chi connectivity index (χ2n) is 4.90. The summed E-state index contributed by atoms with van der Waals surface area (Å²) >= 11 is 0. The van der Waals surface area contributed by atoms with E-state index in [0.717, 1.165) is 0 Å². The average Bonchev–Trinajstić information content (AvgIpc) is 2.84. The van der Waals surface area contributed by atoms with Crippen LogP contribution in [0.15, 0.2) is 39.8 Å². The molecule has 0 radical (unpaired) electrons. The number of rotatable bonds is 4. The lowest BCUT2D eigenvalue weighted by molar-refractivity contribution is 0.102. The van der Waals surface area contributed by atoms with Crippen molar-refractivity contribution in [3.8, 4) is 0 Å². The van der Waals surface area contributed by atoms with E-state index in [0.29, 0.717) is 11.3 Å². The highest BCUT2D eigenvalue weighted by Gasteiger charge is 2.19.